The number of carbonyl (C=O) groups excluding carboxylic acids is 1. The molecule has 0 spiro atoms. The molecular weight excluding hydrogens is 331 g/mol. The van der Waals surface area contributed by atoms with Crippen molar-refractivity contribution >= 4 is 11.6 Å². The van der Waals surface area contributed by atoms with Crippen molar-refractivity contribution in [3.8, 4) is 0 Å². The Hall–Kier alpha value is -1.92. The lowest BCUT2D eigenvalue weighted by Gasteiger charge is -2.46. The van der Waals surface area contributed by atoms with Crippen molar-refractivity contribution in [3.63, 3.8) is 0 Å². The van der Waals surface area contributed by atoms with Crippen LogP contribution in [0.5, 0.6) is 0 Å². The van der Waals surface area contributed by atoms with Crippen LogP contribution in [-0.4, -0.2) is 54.1 Å². The molecule has 0 saturated carbocycles. The van der Waals surface area contributed by atoms with Crippen LogP contribution in [-0.2, 0) is 4.79 Å². The number of carbonyl (C=O) groups is 1. The van der Waals surface area contributed by atoms with E-state index in [9.17, 15) is 9.18 Å². The predicted molar refractivity (Wildman–Crippen MR) is 102 cm³/mol. The summed E-state index contributed by atoms with van der Waals surface area (Å²) in [4.78, 5) is 15.5. The summed E-state index contributed by atoms with van der Waals surface area (Å²) in [6, 6.07) is 5.08. The van der Waals surface area contributed by atoms with Crippen LogP contribution in [0.15, 0.2) is 24.3 Å². The summed E-state index contributed by atoms with van der Waals surface area (Å²) in [5.41, 5.74) is 4.91. The second-order valence-corrected chi connectivity index (χ2v) is 7.83. The Labute approximate surface area is 155 Å². The van der Waals surface area contributed by atoms with E-state index < -0.39 is 5.54 Å². The molecule has 26 heavy (non-hydrogen) atoms. The van der Waals surface area contributed by atoms with Gasteiger partial charge >= 0.3 is 0 Å². The average Bonchev–Trinajstić information content (AvgIpc) is 2.61. The number of amides is 1. The highest BCUT2D eigenvalue weighted by molar-refractivity contribution is 5.93. The van der Waals surface area contributed by atoms with Gasteiger partial charge in [0.05, 0.1) is 5.70 Å². The first-order valence-corrected chi connectivity index (χ1v) is 9.35. The molecule has 2 aliphatic heterocycles. The fourth-order valence-electron chi connectivity index (χ4n) is 3.65. The molecule has 0 aliphatic carbocycles. The number of piperazine rings is 1. The van der Waals surface area contributed by atoms with Crippen molar-refractivity contribution in [1.29, 1.82) is 0 Å². The third-order valence-corrected chi connectivity index (χ3v) is 5.15. The van der Waals surface area contributed by atoms with Crippen LogP contribution in [0.4, 0.5) is 4.39 Å². The maximum absolute atomic E-state index is 13.7. The predicted octanol–water partition coefficient (Wildman–Crippen LogP) is 2.14. The SMILES string of the molecule is Cc1cc(C2=CC(C)(N3CCNCC3)C(=O)N(CC(C)C)N2)ccc1F. The van der Waals surface area contributed by atoms with Gasteiger partial charge in [-0.15, -0.1) is 0 Å². The van der Waals surface area contributed by atoms with E-state index in [1.165, 1.54) is 6.07 Å². The van der Waals surface area contributed by atoms with Gasteiger partial charge in [0.2, 0.25) is 0 Å². The highest BCUT2D eigenvalue weighted by atomic mass is 19.1. The lowest BCUT2D eigenvalue weighted by Crippen LogP contribution is -2.65. The summed E-state index contributed by atoms with van der Waals surface area (Å²) in [5.74, 6) is 0.189. The molecule has 142 valence electrons. The molecule has 0 radical (unpaired) electrons. The van der Waals surface area contributed by atoms with Crippen LogP contribution in [0.2, 0.25) is 0 Å². The second kappa shape index (κ2) is 7.37. The van der Waals surface area contributed by atoms with Crippen molar-refractivity contribution in [2.75, 3.05) is 32.7 Å². The Balaban J connectivity index is 2.01. The Kier molecular flexibility index (Phi) is 5.34. The Morgan fingerprint density at radius 3 is 2.58 bits per heavy atom. The third kappa shape index (κ3) is 3.62. The molecular formula is C20H29FN4O. The molecule has 1 saturated heterocycles. The third-order valence-electron chi connectivity index (χ3n) is 5.15. The largest absolute Gasteiger partial charge is 0.314 e. The van der Waals surface area contributed by atoms with Crippen molar-refractivity contribution in [2.24, 2.45) is 5.92 Å². The monoisotopic (exact) mass is 360 g/mol. The molecule has 1 atom stereocenters. The molecule has 3 rings (SSSR count). The van der Waals surface area contributed by atoms with E-state index >= 15 is 0 Å². The van der Waals surface area contributed by atoms with E-state index in [0.717, 1.165) is 37.4 Å². The van der Waals surface area contributed by atoms with E-state index in [1.807, 2.05) is 19.1 Å². The summed E-state index contributed by atoms with van der Waals surface area (Å²) >= 11 is 0. The minimum atomic E-state index is -0.708. The number of hydrogen-bond donors (Lipinski definition) is 2. The first-order valence-electron chi connectivity index (χ1n) is 9.35. The molecule has 1 aromatic rings. The van der Waals surface area contributed by atoms with Crippen molar-refractivity contribution in [1.82, 2.24) is 20.7 Å². The smallest absolute Gasteiger partial charge is 0.265 e. The molecule has 2 aliphatic rings. The fraction of sp³-hybridized carbons (Fsp3) is 0.550. The van der Waals surface area contributed by atoms with Crippen LogP contribution in [0, 0.1) is 18.7 Å². The summed E-state index contributed by atoms with van der Waals surface area (Å²) in [6.07, 6.45) is 2.00. The van der Waals surface area contributed by atoms with Crippen LogP contribution >= 0.6 is 0 Å². The van der Waals surface area contributed by atoms with Crippen molar-refractivity contribution in [3.05, 3.63) is 41.2 Å². The van der Waals surface area contributed by atoms with Crippen molar-refractivity contribution in [2.45, 2.75) is 33.2 Å². The zero-order valence-electron chi connectivity index (χ0n) is 16.1. The van der Waals surface area contributed by atoms with Gasteiger partial charge in [0.1, 0.15) is 11.4 Å². The van der Waals surface area contributed by atoms with Gasteiger partial charge in [0.15, 0.2) is 0 Å². The number of aryl methyl sites for hydroxylation is 1. The molecule has 6 heteroatoms. The van der Waals surface area contributed by atoms with E-state index in [2.05, 4.69) is 29.5 Å². The standard InChI is InChI=1S/C20H29FN4O/c1-14(2)13-25-19(26)20(4,24-9-7-22-8-10-24)12-18(23-25)16-5-6-17(21)15(3)11-16/h5-6,11-12,14,22-23H,7-10,13H2,1-4H3. The molecule has 0 bridgehead atoms. The Morgan fingerprint density at radius 2 is 1.96 bits per heavy atom. The van der Waals surface area contributed by atoms with Gasteiger partial charge in [-0.2, -0.15) is 0 Å². The van der Waals surface area contributed by atoms with E-state index in [0.29, 0.717) is 18.0 Å². The van der Waals surface area contributed by atoms with Gasteiger partial charge in [0.25, 0.3) is 5.91 Å². The maximum Gasteiger partial charge on any atom is 0.265 e. The van der Waals surface area contributed by atoms with Crippen molar-refractivity contribution < 1.29 is 9.18 Å². The highest BCUT2D eigenvalue weighted by Gasteiger charge is 2.44. The molecule has 2 heterocycles. The number of halogens is 1. The highest BCUT2D eigenvalue weighted by Crippen LogP contribution is 2.30. The zero-order chi connectivity index (χ0) is 18.9. The summed E-state index contributed by atoms with van der Waals surface area (Å²) in [6.45, 7) is 12.0. The Morgan fingerprint density at radius 1 is 1.27 bits per heavy atom. The first kappa shape index (κ1) is 18.9. The minimum Gasteiger partial charge on any atom is -0.314 e. The van der Waals surface area contributed by atoms with Gasteiger partial charge in [-0.05, 0) is 55.2 Å². The van der Waals surface area contributed by atoms with Gasteiger partial charge in [-0.25, -0.2) is 4.39 Å². The molecule has 0 aromatic heterocycles. The van der Waals surface area contributed by atoms with Gasteiger partial charge in [0, 0.05) is 32.7 Å². The van der Waals surface area contributed by atoms with Gasteiger partial charge in [-0.1, -0.05) is 13.8 Å². The van der Waals surface area contributed by atoms with Crippen LogP contribution < -0.4 is 10.7 Å². The molecule has 1 fully saturated rings. The minimum absolute atomic E-state index is 0.0654. The summed E-state index contributed by atoms with van der Waals surface area (Å²) in [5, 5.41) is 5.06. The zero-order valence-corrected chi connectivity index (χ0v) is 16.1. The number of rotatable bonds is 4. The maximum atomic E-state index is 13.7. The van der Waals surface area contributed by atoms with E-state index in [1.54, 1.807) is 18.0 Å². The lowest BCUT2D eigenvalue weighted by atomic mass is 9.91. The number of benzene rings is 1. The number of hydrogen-bond acceptors (Lipinski definition) is 4. The normalized spacial score (nSPS) is 24.6. The van der Waals surface area contributed by atoms with Gasteiger partial charge in [-0.3, -0.25) is 20.1 Å². The number of hydrazine groups is 1. The molecule has 5 nitrogen and oxygen atoms in total. The van der Waals surface area contributed by atoms with E-state index in [4.69, 9.17) is 0 Å². The average molecular weight is 360 g/mol. The summed E-state index contributed by atoms with van der Waals surface area (Å²) < 4.78 is 13.7. The molecule has 1 amide bonds. The fourth-order valence-corrected chi connectivity index (χ4v) is 3.65. The molecule has 1 aromatic carbocycles. The van der Waals surface area contributed by atoms with Crippen LogP contribution in [0.1, 0.15) is 31.9 Å². The first-order chi connectivity index (χ1) is 12.3. The molecule has 2 N–H and O–H groups in total. The second-order valence-electron chi connectivity index (χ2n) is 7.83. The lowest BCUT2D eigenvalue weighted by molar-refractivity contribution is -0.145. The Bertz CT molecular complexity index is 712. The molecule has 1 unspecified atom stereocenters. The van der Waals surface area contributed by atoms with E-state index in [-0.39, 0.29) is 11.7 Å². The van der Waals surface area contributed by atoms with Gasteiger partial charge < -0.3 is 5.32 Å². The summed E-state index contributed by atoms with van der Waals surface area (Å²) in [7, 11) is 0. The topological polar surface area (TPSA) is 47.6 Å². The quantitative estimate of drug-likeness (QED) is 0.864. The number of nitrogens with one attached hydrogen (secondary N) is 2. The number of nitrogens with zero attached hydrogens (tertiary/aromatic N) is 2. The van der Waals surface area contributed by atoms with Crippen LogP contribution in [0.25, 0.3) is 5.70 Å². The van der Waals surface area contributed by atoms with Crippen LogP contribution in [0.3, 0.4) is 0 Å².